The van der Waals surface area contributed by atoms with Gasteiger partial charge >= 0.3 is 0 Å². The summed E-state index contributed by atoms with van der Waals surface area (Å²) in [6, 6.07) is 54.2. The lowest BCUT2D eigenvalue weighted by Gasteiger charge is -2.13. The number of hydrogen-bond donors (Lipinski definition) is 2. The SMILES string of the molecule is Nc1ccccc1/C(=N\Cc1ccc(Nc2ccccc2-c2ccccc2)cc1)c1ccc(-c2ccccc2)cc1. The minimum atomic E-state index is 0.547. The molecule has 3 heteroatoms. The summed E-state index contributed by atoms with van der Waals surface area (Å²) in [4.78, 5) is 5.08. The van der Waals surface area contributed by atoms with Crippen molar-refractivity contribution in [1.29, 1.82) is 0 Å². The fourth-order valence-electron chi connectivity index (χ4n) is 4.98. The molecule has 0 spiro atoms. The van der Waals surface area contributed by atoms with E-state index < -0.39 is 0 Å². The van der Waals surface area contributed by atoms with Crippen LogP contribution < -0.4 is 11.1 Å². The van der Waals surface area contributed by atoms with Crippen molar-refractivity contribution >= 4 is 22.8 Å². The van der Waals surface area contributed by atoms with Crippen LogP contribution >= 0.6 is 0 Å². The molecule has 0 heterocycles. The number of rotatable bonds is 8. The summed E-state index contributed by atoms with van der Waals surface area (Å²) in [5.41, 5.74) is 17.9. The number of hydrogen-bond acceptors (Lipinski definition) is 3. The van der Waals surface area contributed by atoms with E-state index >= 15 is 0 Å². The highest BCUT2D eigenvalue weighted by Crippen LogP contribution is 2.30. The van der Waals surface area contributed by atoms with Crippen molar-refractivity contribution in [3.05, 3.63) is 174 Å². The molecule has 0 atom stereocenters. The van der Waals surface area contributed by atoms with E-state index in [1.807, 2.05) is 36.4 Å². The van der Waals surface area contributed by atoms with E-state index in [2.05, 4.69) is 127 Å². The third-order valence-corrected chi connectivity index (χ3v) is 7.15. The monoisotopic (exact) mass is 529 g/mol. The van der Waals surface area contributed by atoms with E-state index in [1.165, 1.54) is 22.3 Å². The molecule has 0 aliphatic heterocycles. The van der Waals surface area contributed by atoms with E-state index in [9.17, 15) is 0 Å². The van der Waals surface area contributed by atoms with Gasteiger partial charge in [-0.05, 0) is 46.5 Å². The summed E-state index contributed by atoms with van der Waals surface area (Å²) >= 11 is 0. The van der Waals surface area contributed by atoms with Crippen LogP contribution in [-0.2, 0) is 6.54 Å². The Kier molecular flexibility index (Phi) is 7.68. The highest BCUT2D eigenvalue weighted by atomic mass is 14.9. The lowest BCUT2D eigenvalue weighted by Crippen LogP contribution is -2.07. The van der Waals surface area contributed by atoms with Crippen LogP contribution in [0, 0.1) is 0 Å². The second kappa shape index (κ2) is 12.2. The van der Waals surface area contributed by atoms with Crippen molar-refractivity contribution in [3.8, 4) is 22.3 Å². The van der Waals surface area contributed by atoms with Gasteiger partial charge < -0.3 is 11.1 Å². The van der Waals surface area contributed by atoms with Crippen molar-refractivity contribution in [3.63, 3.8) is 0 Å². The molecule has 6 aromatic carbocycles. The maximum atomic E-state index is 6.41. The van der Waals surface area contributed by atoms with Gasteiger partial charge in [-0.2, -0.15) is 0 Å². The predicted octanol–water partition coefficient (Wildman–Crippen LogP) is 9.38. The van der Waals surface area contributed by atoms with Crippen LogP contribution in [0.15, 0.2) is 163 Å². The van der Waals surface area contributed by atoms with Crippen molar-refractivity contribution < 1.29 is 0 Å². The molecule has 0 saturated heterocycles. The van der Waals surface area contributed by atoms with E-state index in [-0.39, 0.29) is 0 Å². The van der Waals surface area contributed by atoms with Crippen LogP contribution in [0.1, 0.15) is 16.7 Å². The molecule has 0 fully saturated rings. The third kappa shape index (κ3) is 6.10. The summed E-state index contributed by atoms with van der Waals surface area (Å²) in [5.74, 6) is 0. The molecule has 198 valence electrons. The molecule has 0 aromatic heterocycles. The average molecular weight is 530 g/mol. The maximum absolute atomic E-state index is 6.41. The first kappa shape index (κ1) is 25.8. The zero-order chi connectivity index (χ0) is 27.9. The number of nitrogen functional groups attached to an aromatic ring is 1. The Balaban J connectivity index is 1.24. The highest BCUT2D eigenvalue weighted by molar-refractivity contribution is 6.15. The van der Waals surface area contributed by atoms with Crippen molar-refractivity contribution in [1.82, 2.24) is 0 Å². The molecule has 3 N–H and O–H groups in total. The van der Waals surface area contributed by atoms with Crippen LogP contribution in [0.2, 0.25) is 0 Å². The van der Waals surface area contributed by atoms with Gasteiger partial charge in [0.1, 0.15) is 0 Å². The Morgan fingerprint density at radius 2 is 1.12 bits per heavy atom. The first-order valence-electron chi connectivity index (χ1n) is 13.8. The summed E-state index contributed by atoms with van der Waals surface area (Å²) in [6.45, 7) is 0.547. The van der Waals surface area contributed by atoms with Gasteiger partial charge in [-0.25, -0.2) is 0 Å². The molecule has 0 aliphatic rings. The molecule has 6 rings (SSSR count). The fourth-order valence-corrected chi connectivity index (χ4v) is 4.98. The number of aliphatic imine (C=N–C) groups is 1. The lowest BCUT2D eigenvalue weighted by molar-refractivity contribution is 1.07. The standard InChI is InChI=1S/C38H31N3/c39-36-17-9-7-16-35(36)38(32-23-21-30(22-24-32)29-11-3-1-4-12-29)40-27-28-19-25-33(26-20-28)41-37-18-10-8-15-34(37)31-13-5-2-6-14-31/h1-26,41H,27,39H2/b40-38-. The van der Waals surface area contributed by atoms with Crippen LogP contribution in [0.25, 0.3) is 22.3 Å². The molecular weight excluding hydrogens is 498 g/mol. The molecule has 0 bridgehead atoms. The van der Waals surface area contributed by atoms with Gasteiger partial charge in [0.15, 0.2) is 0 Å². The van der Waals surface area contributed by atoms with Gasteiger partial charge in [0.05, 0.1) is 12.3 Å². The summed E-state index contributed by atoms with van der Waals surface area (Å²) in [5, 5.41) is 3.59. The van der Waals surface area contributed by atoms with E-state index in [4.69, 9.17) is 10.7 Å². The molecule has 0 saturated carbocycles. The lowest BCUT2D eigenvalue weighted by atomic mass is 9.97. The number of anilines is 3. The minimum absolute atomic E-state index is 0.547. The molecule has 0 unspecified atom stereocenters. The first-order valence-corrected chi connectivity index (χ1v) is 13.8. The minimum Gasteiger partial charge on any atom is -0.398 e. The third-order valence-electron chi connectivity index (χ3n) is 7.15. The number of nitrogens with zero attached hydrogens (tertiary/aromatic N) is 1. The highest BCUT2D eigenvalue weighted by Gasteiger charge is 2.11. The number of benzene rings is 6. The first-order chi connectivity index (χ1) is 20.2. The Hall–Kier alpha value is -5.41. The second-order valence-corrected chi connectivity index (χ2v) is 9.93. The molecule has 0 amide bonds. The van der Waals surface area contributed by atoms with Gasteiger partial charge in [0.25, 0.3) is 0 Å². The Morgan fingerprint density at radius 1 is 0.537 bits per heavy atom. The fraction of sp³-hybridized carbons (Fsp3) is 0.0263. The van der Waals surface area contributed by atoms with Crippen molar-refractivity contribution in [2.24, 2.45) is 4.99 Å². The normalized spacial score (nSPS) is 11.3. The van der Waals surface area contributed by atoms with Gasteiger partial charge in [-0.1, -0.05) is 133 Å². The van der Waals surface area contributed by atoms with Gasteiger partial charge in [-0.15, -0.1) is 0 Å². The van der Waals surface area contributed by atoms with Crippen molar-refractivity contribution in [2.45, 2.75) is 6.54 Å². The van der Waals surface area contributed by atoms with Crippen LogP contribution in [0.5, 0.6) is 0 Å². The molecule has 0 radical (unpaired) electrons. The van der Waals surface area contributed by atoms with Crippen LogP contribution in [0.3, 0.4) is 0 Å². The second-order valence-electron chi connectivity index (χ2n) is 9.93. The van der Waals surface area contributed by atoms with E-state index in [1.54, 1.807) is 0 Å². The Labute approximate surface area is 241 Å². The molecule has 3 nitrogen and oxygen atoms in total. The van der Waals surface area contributed by atoms with E-state index in [0.29, 0.717) is 6.54 Å². The zero-order valence-electron chi connectivity index (χ0n) is 22.7. The Morgan fingerprint density at radius 3 is 1.83 bits per heavy atom. The number of para-hydroxylation sites is 2. The summed E-state index contributed by atoms with van der Waals surface area (Å²) in [7, 11) is 0. The topological polar surface area (TPSA) is 50.4 Å². The van der Waals surface area contributed by atoms with Gasteiger partial charge in [-0.3, -0.25) is 4.99 Å². The largest absolute Gasteiger partial charge is 0.398 e. The van der Waals surface area contributed by atoms with Gasteiger partial charge in [0.2, 0.25) is 0 Å². The molecule has 41 heavy (non-hydrogen) atoms. The predicted molar refractivity (Wildman–Crippen MR) is 174 cm³/mol. The van der Waals surface area contributed by atoms with Crippen molar-refractivity contribution in [2.75, 3.05) is 11.1 Å². The average Bonchev–Trinajstić information content (AvgIpc) is 3.04. The summed E-state index contributed by atoms with van der Waals surface area (Å²) < 4.78 is 0. The smallest absolute Gasteiger partial charge is 0.0743 e. The Bertz CT molecular complexity index is 1760. The summed E-state index contributed by atoms with van der Waals surface area (Å²) in [6.07, 6.45) is 0. The zero-order valence-corrected chi connectivity index (χ0v) is 22.7. The maximum Gasteiger partial charge on any atom is 0.0743 e. The van der Waals surface area contributed by atoms with Crippen LogP contribution in [0.4, 0.5) is 17.1 Å². The molecule has 0 aliphatic carbocycles. The number of nitrogens with one attached hydrogen (secondary N) is 1. The quantitative estimate of drug-likeness (QED) is 0.152. The number of nitrogens with two attached hydrogens (primary N) is 1. The van der Waals surface area contributed by atoms with Crippen LogP contribution in [-0.4, -0.2) is 5.71 Å². The van der Waals surface area contributed by atoms with E-state index in [0.717, 1.165) is 39.5 Å². The molecular formula is C38H31N3. The molecule has 6 aromatic rings. The van der Waals surface area contributed by atoms with Gasteiger partial charge in [0, 0.05) is 33.8 Å².